The van der Waals surface area contributed by atoms with Crippen LogP contribution < -0.4 is 20.9 Å². The fourth-order valence-electron chi connectivity index (χ4n) is 3.72. The predicted octanol–water partition coefficient (Wildman–Crippen LogP) is 2.05. The number of nitrogens with one attached hydrogen (secondary N) is 4. The smallest absolute Gasteiger partial charge is 0.228 e. The lowest BCUT2D eigenvalue weighted by Gasteiger charge is -2.32. The van der Waals surface area contributed by atoms with Gasteiger partial charge in [-0.1, -0.05) is 0 Å². The van der Waals surface area contributed by atoms with E-state index in [1.54, 1.807) is 12.3 Å². The third-order valence-corrected chi connectivity index (χ3v) is 5.71. The summed E-state index contributed by atoms with van der Waals surface area (Å²) >= 11 is 0. The summed E-state index contributed by atoms with van der Waals surface area (Å²) < 4.78 is 11.3. The molecule has 0 amide bonds. The summed E-state index contributed by atoms with van der Waals surface area (Å²) in [6.45, 7) is 9.13. The van der Waals surface area contributed by atoms with Gasteiger partial charge < -0.3 is 35.7 Å². The maximum absolute atomic E-state index is 8.71. The van der Waals surface area contributed by atoms with Gasteiger partial charge in [-0.2, -0.15) is 4.98 Å². The summed E-state index contributed by atoms with van der Waals surface area (Å²) in [5, 5.41) is 18.9. The molecule has 1 unspecified atom stereocenters. The summed E-state index contributed by atoms with van der Waals surface area (Å²) in [5.74, 6) is 2.47. The molecule has 11 nitrogen and oxygen atoms in total. The highest BCUT2D eigenvalue weighted by molar-refractivity contribution is 6.04. The number of anilines is 4. The quantitative estimate of drug-likeness (QED) is 0.255. The first-order valence-electron chi connectivity index (χ1n) is 12.0. The molecule has 0 aromatic carbocycles. The van der Waals surface area contributed by atoms with E-state index >= 15 is 0 Å². The monoisotopic (exact) mass is 469 g/mol. The third-order valence-electron chi connectivity index (χ3n) is 5.71. The van der Waals surface area contributed by atoms with Crippen LogP contribution in [0.1, 0.15) is 32.4 Å². The van der Waals surface area contributed by atoms with Crippen LogP contribution in [-0.2, 0) is 9.47 Å². The average molecular weight is 470 g/mol. The van der Waals surface area contributed by atoms with Gasteiger partial charge in [0.15, 0.2) is 5.82 Å². The highest BCUT2D eigenvalue weighted by atomic mass is 16.5. The zero-order valence-corrected chi connectivity index (χ0v) is 20.0. The summed E-state index contributed by atoms with van der Waals surface area (Å²) in [5.41, 5.74) is 1.45. The average Bonchev–Trinajstić information content (AvgIpc) is 3.68. The van der Waals surface area contributed by atoms with Crippen LogP contribution in [0.5, 0.6) is 0 Å². The Morgan fingerprint density at radius 2 is 2.18 bits per heavy atom. The van der Waals surface area contributed by atoms with Gasteiger partial charge in [0.1, 0.15) is 23.5 Å². The Bertz CT molecular complexity index is 940. The van der Waals surface area contributed by atoms with Crippen molar-refractivity contribution in [2.24, 2.45) is 5.92 Å². The standard InChI is InChI=1S/C23H35N9O2/c1-3-33-14-18(24)20-21(27-9-11-34-13-17-4-5-17)22(29-19-6-7-25-15-28-19)31-23(30-20)32-10-8-26-16(2)12-32/h6-7,15-17,24,26-27H,3-5,8-14H2,1-2H3,(H,25,28,29,30,31). The van der Waals surface area contributed by atoms with Crippen LogP contribution in [0.4, 0.5) is 23.3 Å². The molecule has 1 aliphatic heterocycles. The fourth-order valence-corrected chi connectivity index (χ4v) is 3.72. The van der Waals surface area contributed by atoms with E-state index in [1.807, 2.05) is 6.92 Å². The van der Waals surface area contributed by atoms with E-state index in [9.17, 15) is 0 Å². The van der Waals surface area contributed by atoms with E-state index in [0.717, 1.165) is 26.2 Å². The number of rotatable bonds is 13. The molecule has 1 saturated carbocycles. The highest BCUT2D eigenvalue weighted by Crippen LogP contribution is 2.30. The van der Waals surface area contributed by atoms with E-state index < -0.39 is 0 Å². The molecule has 11 heteroatoms. The zero-order valence-electron chi connectivity index (χ0n) is 20.0. The van der Waals surface area contributed by atoms with E-state index in [0.29, 0.717) is 66.4 Å². The van der Waals surface area contributed by atoms with Crippen molar-refractivity contribution in [3.05, 3.63) is 24.3 Å². The zero-order chi connectivity index (χ0) is 23.8. The molecule has 3 heterocycles. The molecule has 34 heavy (non-hydrogen) atoms. The molecule has 2 aromatic heterocycles. The molecule has 4 N–H and O–H groups in total. The van der Waals surface area contributed by atoms with Crippen molar-refractivity contribution in [3.8, 4) is 0 Å². The Balaban J connectivity index is 1.63. The van der Waals surface area contributed by atoms with Gasteiger partial charge in [-0.25, -0.2) is 15.0 Å². The normalized spacial score (nSPS) is 18.1. The first-order valence-corrected chi connectivity index (χ1v) is 12.0. The molecular formula is C23H35N9O2. The van der Waals surface area contributed by atoms with E-state index in [4.69, 9.17) is 24.9 Å². The number of nitrogens with zero attached hydrogens (tertiary/aromatic N) is 5. The lowest BCUT2D eigenvalue weighted by molar-refractivity contribution is 0.134. The molecule has 2 fully saturated rings. The van der Waals surface area contributed by atoms with E-state index in [-0.39, 0.29) is 6.61 Å². The van der Waals surface area contributed by atoms with Gasteiger partial charge in [-0.3, -0.25) is 0 Å². The Labute approximate surface area is 200 Å². The molecule has 2 aromatic rings. The van der Waals surface area contributed by atoms with Crippen molar-refractivity contribution in [1.29, 1.82) is 5.41 Å². The molecule has 0 spiro atoms. The molecule has 184 valence electrons. The second-order valence-corrected chi connectivity index (χ2v) is 8.68. The number of piperazine rings is 1. The number of ether oxygens (including phenoxy) is 2. The molecule has 0 radical (unpaired) electrons. The minimum Gasteiger partial charge on any atom is -0.379 e. The van der Waals surface area contributed by atoms with Gasteiger partial charge >= 0.3 is 0 Å². The lowest BCUT2D eigenvalue weighted by atomic mass is 10.2. The van der Waals surface area contributed by atoms with Crippen molar-refractivity contribution in [1.82, 2.24) is 25.3 Å². The van der Waals surface area contributed by atoms with Gasteiger partial charge in [-0.15, -0.1) is 0 Å². The van der Waals surface area contributed by atoms with Crippen LogP contribution in [-0.4, -0.2) is 84.3 Å². The minimum atomic E-state index is 0.171. The predicted molar refractivity (Wildman–Crippen MR) is 132 cm³/mol. The topological polar surface area (TPSA) is 133 Å². The molecular weight excluding hydrogens is 434 g/mol. The lowest BCUT2D eigenvalue weighted by Crippen LogP contribution is -2.50. The van der Waals surface area contributed by atoms with Crippen molar-refractivity contribution >= 4 is 29.0 Å². The second-order valence-electron chi connectivity index (χ2n) is 8.68. The van der Waals surface area contributed by atoms with Gasteiger partial charge in [0.2, 0.25) is 5.95 Å². The summed E-state index contributed by atoms with van der Waals surface area (Å²) in [6.07, 6.45) is 5.68. The van der Waals surface area contributed by atoms with Crippen LogP contribution in [0, 0.1) is 11.3 Å². The largest absolute Gasteiger partial charge is 0.379 e. The van der Waals surface area contributed by atoms with Crippen LogP contribution in [0.25, 0.3) is 0 Å². The molecule has 1 saturated heterocycles. The Morgan fingerprint density at radius 1 is 1.29 bits per heavy atom. The highest BCUT2D eigenvalue weighted by Gasteiger charge is 2.24. The summed E-state index contributed by atoms with van der Waals surface area (Å²) in [6, 6.07) is 2.10. The third kappa shape index (κ3) is 6.81. The second kappa shape index (κ2) is 12.0. The maximum Gasteiger partial charge on any atom is 0.228 e. The molecule has 0 bridgehead atoms. The maximum atomic E-state index is 8.71. The summed E-state index contributed by atoms with van der Waals surface area (Å²) in [7, 11) is 0. The van der Waals surface area contributed by atoms with E-state index in [1.165, 1.54) is 19.2 Å². The van der Waals surface area contributed by atoms with Crippen LogP contribution in [0.2, 0.25) is 0 Å². The van der Waals surface area contributed by atoms with Crippen molar-refractivity contribution < 1.29 is 9.47 Å². The Kier molecular flexibility index (Phi) is 8.56. The molecule has 2 aliphatic rings. The molecule has 1 atom stereocenters. The summed E-state index contributed by atoms with van der Waals surface area (Å²) in [4.78, 5) is 20.1. The van der Waals surface area contributed by atoms with Gasteiger partial charge in [0.05, 0.1) is 18.9 Å². The fraction of sp³-hybridized carbons (Fsp3) is 0.609. The first kappa shape index (κ1) is 24.2. The Morgan fingerprint density at radius 3 is 2.91 bits per heavy atom. The van der Waals surface area contributed by atoms with Crippen LogP contribution in [0.3, 0.4) is 0 Å². The van der Waals surface area contributed by atoms with E-state index in [2.05, 4.69) is 37.7 Å². The van der Waals surface area contributed by atoms with Crippen molar-refractivity contribution in [2.75, 3.05) is 68.1 Å². The SMILES string of the molecule is CCOCC(=N)c1nc(N2CCNC(C)C2)nc(Nc2ccncn2)c1NCCOCC1CC1. The van der Waals surface area contributed by atoms with Crippen molar-refractivity contribution in [2.45, 2.75) is 32.7 Å². The van der Waals surface area contributed by atoms with Crippen molar-refractivity contribution in [3.63, 3.8) is 0 Å². The number of hydrogen-bond donors (Lipinski definition) is 4. The van der Waals surface area contributed by atoms with Crippen LogP contribution >= 0.6 is 0 Å². The van der Waals surface area contributed by atoms with Crippen LogP contribution in [0.15, 0.2) is 18.6 Å². The first-order chi connectivity index (χ1) is 16.6. The number of aromatic nitrogens is 4. The minimum absolute atomic E-state index is 0.171. The molecule has 1 aliphatic carbocycles. The van der Waals surface area contributed by atoms with Gasteiger partial charge in [0, 0.05) is 51.6 Å². The number of hydrogen-bond acceptors (Lipinski definition) is 11. The van der Waals surface area contributed by atoms with Gasteiger partial charge in [0.25, 0.3) is 0 Å². The Hall–Kier alpha value is -2.89. The molecule has 4 rings (SSSR count). The van der Waals surface area contributed by atoms with Gasteiger partial charge in [-0.05, 0) is 38.7 Å².